The van der Waals surface area contributed by atoms with Gasteiger partial charge in [-0.05, 0) is 106 Å². The number of fused-ring (bicyclic) bond motifs is 1. The molecule has 0 amide bonds. The number of carbonyl (C=O) groups excluding carboxylic acids is 1. The van der Waals surface area contributed by atoms with Crippen molar-refractivity contribution in [2.24, 2.45) is 23.7 Å². The molecule has 0 aromatic heterocycles. The number of aliphatic hydroxyl groups excluding tert-OH is 1. The maximum absolute atomic E-state index is 12.3. The van der Waals surface area contributed by atoms with E-state index < -0.39 is 11.9 Å². The molecule has 0 aromatic carbocycles. The fraction of sp³-hybridized carbons (Fsp3) is 0.724. The summed E-state index contributed by atoms with van der Waals surface area (Å²) >= 11 is 0. The molecule has 2 fully saturated rings. The number of rotatable bonds is 15. The summed E-state index contributed by atoms with van der Waals surface area (Å²) in [5, 5.41) is 18.9. The number of aliphatic hydroxyl groups is 1. The zero-order valence-corrected chi connectivity index (χ0v) is 21.9. The van der Waals surface area contributed by atoms with Crippen LogP contribution in [0.1, 0.15) is 91.4 Å². The molecule has 6 nitrogen and oxygen atoms in total. The number of ether oxygens (including phenoxy) is 2. The minimum absolute atomic E-state index is 0.135. The maximum atomic E-state index is 12.3. The Morgan fingerprint density at radius 1 is 1.14 bits per heavy atom. The van der Waals surface area contributed by atoms with E-state index in [2.05, 4.69) is 20.4 Å². The monoisotopic (exact) mass is 490 g/mol. The number of allylic oxidation sites excluding steroid dienone is 4. The average molecular weight is 491 g/mol. The van der Waals surface area contributed by atoms with Gasteiger partial charge in [0.2, 0.25) is 0 Å². The fourth-order valence-electron chi connectivity index (χ4n) is 5.61. The Balaban J connectivity index is 1.87. The molecule has 0 saturated heterocycles. The van der Waals surface area contributed by atoms with Crippen LogP contribution in [-0.4, -0.2) is 41.0 Å². The van der Waals surface area contributed by atoms with Crippen molar-refractivity contribution in [3.8, 4) is 0 Å². The maximum Gasteiger partial charge on any atom is 0.344 e. The lowest BCUT2D eigenvalue weighted by atomic mass is 9.74. The standard InChI is InChI=1S/C29H46O6/c1-5-6-10-27(34-19-29(33)35-21(4)9-7-8-11-28(31)32)24-14-16-25-22(12-13-23(25)18-24)15-17-26(30)20(2)3/h5-6,10,20-23,25-26,30H,1,7-9,11-19H2,2-4H3,(H,31,32)/b10-6-,27-24-. The Kier molecular flexibility index (Phi) is 12.6. The number of unbranched alkanes of at least 4 members (excludes halogenated alkanes) is 1. The predicted octanol–water partition coefficient (Wildman–Crippen LogP) is 6.20. The highest BCUT2D eigenvalue weighted by Gasteiger charge is 2.39. The highest BCUT2D eigenvalue weighted by atomic mass is 16.6. The van der Waals surface area contributed by atoms with Gasteiger partial charge in [0.1, 0.15) is 5.76 Å². The summed E-state index contributed by atoms with van der Waals surface area (Å²) < 4.78 is 11.4. The molecule has 2 saturated carbocycles. The summed E-state index contributed by atoms with van der Waals surface area (Å²) in [4.78, 5) is 22.9. The van der Waals surface area contributed by atoms with Gasteiger partial charge in [0, 0.05) is 6.42 Å². The number of carboxylic acids is 1. The van der Waals surface area contributed by atoms with Crippen molar-refractivity contribution in [2.45, 2.75) is 104 Å². The quantitative estimate of drug-likeness (QED) is 0.123. The molecular formula is C29H46O6. The van der Waals surface area contributed by atoms with E-state index in [-0.39, 0.29) is 25.2 Å². The van der Waals surface area contributed by atoms with E-state index in [0.717, 1.165) is 43.8 Å². The van der Waals surface area contributed by atoms with Crippen LogP contribution in [-0.2, 0) is 19.1 Å². The van der Waals surface area contributed by atoms with Crippen LogP contribution >= 0.6 is 0 Å². The van der Waals surface area contributed by atoms with Crippen molar-refractivity contribution < 1.29 is 29.3 Å². The fourth-order valence-corrected chi connectivity index (χ4v) is 5.61. The summed E-state index contributed by atoms with van der Waals surface area (Å²) in [7, 11) is 0. The zero-order chi connectivity index (χ0) is 25.8. The molecule has 2 aliphatic carbocycles. The van der Waals surface area contributed by atoms with Crippen LogP contribution in [0.5, 0.6) is 0 Å². The van der Waals surface area contributed by atoms with E-state index >= 15 is 0 Å². The third-order valence-corrected chi connectivity index (χ3v) is 7.67. The Hall–Kier alpha value is -2.08. The van der Waals surface area contributed by atoms with Gasteiger partial charge in [0.05, 0.1) is 12.2 Å². The molecule has 6 heteroatoms. The summed E-state index contributed by atoms with van der Waals surface area (Å²) in [6, 6.07) is 0. The molecule has 0 aromatic rings. The minimum atomic E-state index is -0.803. The first-order valence-electron chi connectivity index (χ1n) is 13.4. The van der Waals surface area contributed by atoms with E-state index in [1.807, 2.05) is 19.1 Å². The summed E-state index contributed by atoms with van der Waals surface area (Å²) in [5.41, 5.74) is 1.27. The Labute approximate surface area is 211 Å². The first-order valence-corrected chi connectivity index (χ1v) is 13.4. The van der Waals surface area contributed by atoms with E-state index in [4.69, 9.17) is 14.6 Å². The van der Waals surface area contributed by atoms with Crippen LogP contribution < -0.4 is 0 Å². The third kappa shape index (κ3) is 10.2. The number of hydrogen-bond acceptors (Lipinski definition) is 5. The Bertz CT molecular complexity index is 752. The first kappa shape index (κ1) is 29.2. The topological polar surface area (TPSA) is 93.1 Å². The van der Waals surface area contributed by atoms with Crippen molar-refractivity contribution in [1.29, 1.82) is 0 Å². The lowest BCUT2D eigenvalue weighted by Gasteiger charge is -2.32. The number of carboxylic acid groups (broad SMARTS) is 1. The second-order valence-corrected chi connectivity index (χ2v) is 10.7. The molecule has 0 aliphatic heterocycles. The van der Waals surface area contributed by atoms with Gasteiger partial charge < -0.3 is 19.7 Å². The Morgan fingerprint density at radius 3 is 2.60 bits per heavy atom. The van der Waals surface area contributed by atoms with Crippen LogP contribution in [0.4, 0.5) is 0 Å². The smallest absolute Gasteiger partial charge is 0.344 e. The van der Waals surface area contributed by atoms with Crippen molar-refractivity contribution in [3.05, 3.63) is 36.1 Å². The van der Waals surface area contributed by atoms with Crippen molar-refractivity contribution in [3.63, 3.8) is 0 Å². The second kappa shape index (κ2) is 15.1. The average Bonchev–Trinajstić information content (AvgIpc) is 3.22. The highest BCUT2D eigenvalue weighted by Crippen LogP contribution is 2.49. The Morgan fingerprint density at radius 2 is 1.91 bits per heavy atom. The minimum Gasteiger partial charge on any atom is -0.482 e. The summed E-state index contributed by atoms with van der Waals surface area (Å²) in [5.74, 6) is 1.93. The van der Waals surface area contributed by atoms with Gasteiger partial charge in [-0.3, -0.25) is 4.79 Å². The van der Waals surface area contributed by atoms with Gasteiger partial charge in [-0.25, -0.2) is 4.79 Å². The molecule has 0 bridgehead atoms. The van der Waals surface area contributed by atoms with E-state index in [9.17, 15) is 14.7 Å². The summed E-state index contributed by atoms with van der Waals surface area (Å²) in [6.07, 6.45) is 14.6. The molecule has 5 atom stereocenters. The van der Waals surface area contributed by atoms with Gasteiger partial charge in [0.25, 0.3) is 0 Å². The van der Waals surface area contributed by atoms with Crippen molar-refractivity contribution in [1.82, 2.24) is 0 Å². The van der Waals surface area contributed by atoms with E-state index in [1.54, 1.807) is 6.08 Å². The molecular weight excluding hydrogens is 444 g/mol. The first-order chi connectivity index (χ1) is 16.7. The van der Waals surface area contributed by atoms with Gasteiger partial charge in [-0.2, -0.15) is 0 Å². The van der Waals surface area contributed by atoms with E-state index in [0.29, 0.717) is 37.0 Å². The van der Waals surface area contributed by atoms with Crippen LogP contribution in [0.3, 0.4) is 0 Å². The third-order valence-electron chi connectivity index (χ3n) is 7.67. The van der Waals surface area contributed by atoms with Gasteiger partial charge in [0.15, 0.2) is 6.61 Å². The van der Waals surface area contributed by atoms with Crippen LogP contribution in [0, 0.1) is 23.7 Å². The molecule has 0 radical (unpaired) electrons. The molecule has 2 N–H and O–H groups in total. The number of esters is 1. The molecule has 198 valence electrons. The molecule has 2 aliphatic rings. The lowest BCUT2D eigenvalue weighted by molar-refractivity contribution is -0.152. The summed E-state index contributed by atoms with van der Waals surface area (Å²) in [6.45, 7) is 9.61. The SMILES string of the molecule is C=C/C=C\C(OCC(=O)OC(C)CCCCC(=O)O)=C1/CCC2C(CCC(O)C(C)C)CCC2C1. The normalized spacial score (nSPS) is 25.2. The van der Waals surface area contributed by atoms with Crippen LogP contribution in [0.25, 0.3) is 0 Å². The van der Waals surface area contributed by atoms with Crippen molar-refractivity contribution in [2.75, 3.05) is 6.61 Å². The van der Waals surface area contributed by atoms with Gasteiger partial charge in [-0.1, -0.05) is 32.6 Å². The second-order valence-electron chi connectivity index (χ2n) is 10.7. The lowest BCUT2D eigenvalue weighted by Crippen LogP contribution is -2.24. The predicted molar refractivity (Wildman–Crippen MR) is 138 cm³/mol. The van der Waals surface area contributed by atoms with Crippen molar-refractivity contribution >= 4 is 11.9 Å². The van der Waals surface area contributed by atoms with E-state index in [1.165, 1.54) is 18.4 Å². The van der Waals surface area contributed by atoms with Gasteiger partial charge in [-0.15, -0.1) is 0 Å². The molecule has 0 spiro atoms. The van der Waals surface area contributed by atoms with Crippen LogP contribution in [0.2, 0.25) is 0 Å². The molecule has 5 unspecified atom stereocenters. The van der Waals surface area contributed by atoms with Gasteiger partial charge >= 0.3 is 11.9 Å². The molecule has 0 heterocycles. The number of carbonyl (C=O) groups is 2. The largest absolute Gasteiger partial charge is 0.482 e. The molecule has 2 rings (SSSR count). The number of aliphatic carboxylic acids is 1. The highest BCUT2D eigenvalue weighted by molar-refractivity contribution is 5.71. The van der Waals surface area contributed by atoms with Crippen LogP contribution in [0.15, 0.2) is 36.1 Å². The number of hydrogen-bond donors (Lipinski definition) is 2. The zero-order valence-electron chi connectivity index (χ0n) is 21.9. The molecule has 35 heavy (non-hydrogen) atoms.